The topological polar surface area (TPSA) is 29.9 Å². The lowest BCUT2D eigenvalue weighted by Gasteiger charge is -2.20. The van der Waals surface area contributed by atoms with Gasteiger partial charge in [-0.3, -0.25) is 0 Å². The summed E-state index contributed by atoms with van der Waals surface area (Å²) in [5, 5.41) is 3.39. The largest absolute Gasteiger partial charge is 0.355 e. The summed E-state index contributed by atoms with van der Waals surface area (Å²) >= 11 is 0. The Balaban J connectivity index is 2.57. The van der Waals surface area contributed by atoms with E-state index in [0.29, 0.717) is 5.92 Å². The Morgan fingerprint density at radius 2 is 2.07 bits per heavy atom. The molecule has 0 aliphatic heterocycles. The van der Waals surface area contributed by atoms with E-state index in [1.807, 2.05) is 12.4 Å². The van der Waals surface area contributed by atoms with E-state index in [1.165, 1.54) is 0 Å². The quantitative estimate of drug-likeness (QED) is 0.826. The molecule has 0 spiro atoms. The van der Waals surface area contributed by atoms with Crippen LogP contribution in [0.25, 0.3) is 0 Å². The number of nitrogens with one attached hydrogen (secondary N) is 1. The van der Waals surface area contributed by atoms with Gasteiger partial charge in [0.1, 0.15) is 0 Å². The molecule has 0 radical (unpaired) electrons. The molecule has 0 saturated heterocycles. The van der Waals surface area contributed by atoms with Crippen LogP contribution in [0.3, 0.4) is 0 Å². The molecule has 0 aliphatic rings. The number of rotatable bonds is 4. The summed E-state index contributed by atoms with van der Waals surface area (Å²) in [6.07, 6.45) is 3.89. The second-order valence-corrected chi connectivity index (χ2v) is 5.71. The Labute approximate surface area is 92.9 Å². The van der Waals surface area contributed by atoms with Gasteiger partial charge in [-0.25, -0.2) is 4.98 Å². The number of anilines is 1. The highest BCUT2D eigenvalue weighted by Crippen LogP contribution is 2.15. The van der Waals surface area contributed by atoms with Crippen LogP contribution in [0.1, 0.15) is 34.6 Å². The Hall–Kier alpha value is -0.990. The highest BCUT2D eigenvalue weighted by atomic mass is 15.2. The average Bonchev–Trinajstić information content (AvgIpc) is 2.46. The summed E-state index contributed by atoms with van der Waals surface area (Å²) in [5.74, 6) is 1.63. The molecule has 0 atom stereocenters. The van der Waals surface area contributed by atoms with Crippen LogP contribution in [0.2, 0.25) is 0 Å². The average molecular weight is 209 g/mol. The predicted molar refractivity (Wildman–Crippen MR) is 65.0 cm³/mol. The van der Waals surface area contributed by atoms with Crippen molar-refractivity contribution >= 4 is 5.95 Å². The first-order chi connectivity index (χ1) is 6.88. The van der Waals surface area contributed by atoms with Gasteiger partial charge in [-0.15, -0.1) is 0 Å². The van der Waals surface area contributed by atoms with Crippen molar-refractivity contribution in [1.29, 1.82) is 0 Å². The molecule has 0 aliphatic carbocycles. The maximum absolute atomic E-state index is 4.32. The van der Waals surface area contributed by atoms with E-state index in [0.717, 1.165) is 19.0 Å². The molecule has 1 aromatic heterocycles. The molecular weight excluding hydrogens is 186 g/mol. The van der Waals surface area contributed by atoms with E-state index < -0.39 is 0 Å². The van der Waals surface area contributed by atoms with Crippen molar-refractivity contribution in [3.05, 3.63) is 12.4 Å². The highest BCUT2D eigenvalue weighted by molar-refractivity contribution is 5.26. The summed E-state index contributed by atoms with van der Waals surface area (Å²) in [6, 6.07) is 0. The van der Waals surface area contributed by atoms with Gasteiger partial charge in [0.2, 0.25) is 5.95 Å². The number of imidazole rings is 1. The lowest BCUT2D eigenvalue weighted by atomic mass is 9.97. The van der Waals surface area contributed by atoms with Gasteiger partial charge in [-0.05, 0) is 11.3 Å². The molecular formula is C12H23N3. The van der Waals surface area contributed by atoms with Gasteiger partial charge >= 0.3 is 0 Å². The van der Waals surface area contributed by atoms with Crippen LogP contribution in [0.5, 0.6) is 0 Å². The number of aromatic nitrogens is 2. The van der Waals surface area contributed by atoms with Crippen LogP contribution in [-0.4, -0.2) is 16.1 Å². The Morgan fingerprint density at radius 1 is 1.40 bits per heavy atom. The molecule has 86 valence electrons. The molecule has 15 heavy (non-hydrogen) atoms. The van der Waals surface area contributed by atoms with E-state index >= 15 is 0 Å². The standard InChI is InChI=1S/C12H23N3/c1-10(2)8-15-7-6-13-11(15)14-9-12(3,4)5/h6-7,10H,8-9H2,1-5H3,(H,13,14). The first-order valence-electron chi connectivity index (χ1n) is 5.63. The monoisotopic (exact) mass is 209 g/mol. The van der Waals surface area contributed by atoms with E-state index in [4.69, 9.17) is 0 Å². The maximum Gasteiger partial charge on any atom is 0.202 e. The van der Waals surface area contributed by atoms with Crippen molar-refractivity contribution < 1.29 is 0 Å². The maximum atomic E-state index is 4.32. The molecule has 3 nitrogen and oxygen atoms in total. The van der Waals surface area contributed by atoms with Crippen molar-refractivity contribution in [2.75, 3.05) is 11.9 Å². The first-order valence-corrected chi connectivity index (χ1v) is 5.63. The summed E-state index contributed by atoms with van der Waals surface area (Å²) < 4.78 is 2.18. The van der Waals surface area contributed by atoms with Crippen LogP contribution in [-0.2, 0) is 6.54 Å². The summed E-state index contributed by atoms with van der Waals surface area (Å²) in [7, 11) is 0. The molecule has 0 aromatic carbocycles. The lowest BCUT2D eigenvalue weighted by Crippen LogP contribution is -2.21. The van der Waals surface area contributed by atoms with E-state index in [-0.39, 0.29) is 5.41 Å². The zero-order valence-electron chi connectivity index (χ0n) is 10.5. The minimum Gasteiger partial charge on any atom is -0.355 e. The molecule has 0 unspecified atom stereocenters. The van der Waals surface area contributed by atoms with Gasteiger partial charge in [-0.1, -0.05) is 34.6 Å². The normalized spacial score (nSPS) is 12.1. The second kappa shape index (κ2) is 4.69. The van der Waals surface area contributed by atoms with Gasteiger partial charge in [-0.2, -0.15) is 0 Å². The number of hydrogen-bond donors (Lipinski definition) is 1. The molecule has 1 heterocycles. The van der Waals surface area contributed by atoms with Gasteiger partial charge < -0.3 is 9.88 Å². The predicted octanol–water partition coefficient (Wildman–Crippen LogP) is 3.00. The molecule has 3 heteroatoms. The molecule has 0 fully saturated rings. The van der Waals surface area contributed by atoms with E-state index in [2.05, 4.69) is 49.5 Å². The Bertz CT molecular complexity index is 294. The highest BCUT2D eigenvalue weighted by Gasteiger charge is 2.11. The first kappa shape index (κ1) is 12.1. The van der Waals surface area contributed by atoms with Crippen LogP contribution >= 0.6 is 0 Å². The fourth-order valence-corrected chi connectivity index (χ4v) is 1.36. The van der Waals surface area contributed by atoms with Crippen LogP contribution in [0.15, 0.2) is 12.4 Å². The summed E-state index contributed by atoms with van der Waals surface area (Å²) in [4.78, 5) is 4.32. The summed E-state index contributed by atoms with van der Waals surface area (Å²) in [6.45, 7) is 13.1. The van der Waals surface area contributed by atoms with Crippen LogP contribution in [0.4, 0.5) is 5.95 Å². The third-order valence-corrected chi connectivity index (χ3v) is 2.05. The zero-order chi connectivity index (χ0) is 11.5. The Kier molecular flexibility index (Phi) is 3.77. The number of hydrogen-bond acceptors (Lipinski definition) is 2. The van der Waals surface area contributed by atoms with Crippen molar-refractivity contribution in [2.24, 2.45) is 11.3 Å². The van der Waals surface area contributed by atoms with Gasteiger partial charge in [0.05, 0.1) is 0 Å². The molecule has 1 aromatic rings. The van der Waals surface area contributed by atoms with Crippen LogP contribution in [0, 0.1) is 11.3 Å². The third-order valence-electron chi connectivity index (χ3n) is 2.05. The van der Waals surface area contributed by atoms with Crippen LogP contribution < -0.4 is 5.32 Å². The minimum atomic E-state index is 0.286. The van der Waals surface area contributed by atoms with Crippen molar-refractivity contribution in [3.8, 4) is 0 Å². The third kappa shape index (κ3) is 4.36. The van der Waals surface area contributed by atoms with Gasteiger partial charge in [0.15, 0.2) is 0 Å². The van der Waals surface area contributed by atoms with E-state index in [9.17, 15) is 0 Å². The van der Waals surface area contributed by atoms with Gasteiger partial charge in [0.25, 0.3) is 0 Å². The SMILES string of the molecule is CC(C)Cn1ccnc1NCC(C)(C)C. The van der Waals surface area contributed by atoms with E-state index in [1.54, 1.807) is 0 Å². The fourth-order valence-electron chi connectivity index (χ4n) is 1.36. The zero-order valence-corrected chi connectivity index (χ0v) is 10.5. The Morgan fingerprint density at radius 3 is 2.60 bits per heavy atom. The lowest BCUT2D eigenvalue weighted by molar-refractivity contribution is 0.439. The molecule has 0 saturated carbocycles. The smallest absolute Gasteiger partial charge is 0.202 e. The summed E-state index contributed by atoms with van der Waals surface area (Å²) in [5.41, 5.74) is 0.286. The second-order valence-electron chi connectivity index (χ2n) is 5.71. The fraction of sp³-hybridized carbons (Fsp3) is 0.750. The number of nitrogens with zero attached hydrogens (tertiary/aromatic N) is 2. The van der Waals surface area contributed by atoms with Gasteiger partial charge in [0, 0.05) is 25.5 Å². The molecule has 0 bridgehead atoms. The molecule has 1 N–H and O–H groups in total. The molecule has 0 amide bonds. The van der Waals surface area contributed by atoms with Crippen molar-refractivity contribution in [2.45, 2.75) is 41.2 Å². The molecule has 1 rings (SSSR count). The van der Waals surface area contributed by atoms with Crippen molar-refractivity contribution in [1.82, 2.24) is 9.55 Å². The van der Waals surface area contributed by atoms with Crippen molar-refractivity contribution in [3.63, 3.8) is 0 Å². The minimum absolute atomic E-state index is 0.286.